The van der Waals surface area contributed by atoms with E-state index in [1.165, 1.54) is 13.0 Å². The summed E-state index contributed by atoms with van der Waals surface area (Å²) in [6.45, 7) is 1.27. The molecule has 8 heteroatoms. The second-order valence-electron chi connectivity index (χ2n) is 3.99. The fraction of sp³-hybridized carbons (Fsp3) is 0.273. The lowest BCUT2D eigenvalue weighted by molar-refractivity contribution is -0.386. The highest BCUT2D eigenvalue weighted by Gasteiger charge is 2.24. The first-order chi connectivity index (χ1) is 8.80. The van der Waals surface area contributed by atoms with E-state index >= 15 is 0 Å². The van der Waals surface area contributed by atoms with E-state index in [9.17, 15) is 10.1 Å². The van der Waals surface area contributed by atoms with E-state index in [4.69, 9.17) is 21.0 Å². The number of nitrogens with two attached hydrogens (primary N) is 1. The SMILES string of the molecule is CC(N)(C#N)COc1c(I)cc(C#N)cc1[N+](=O)[O-]. The van der Waals surface area contributed by atoms with Crippen LogP contribution >= 0.6 is 22.6 Å². The Labute approximate surface area is 122 Å². The third kappa shape index (κ3) is 3.77. The Balaban J connectivity index is 3.18. The number of benzene rings is 1. The van der Waals surface area contributed by atoms with Crippen LogP contribution in [-0.2, 0) is 0 Å². The molecule has 1 rings (SSSR count). The Hall–Kier alpha value is -1.91. The number of hydrogen-bond acceptors (Lipinski definition) is 6. The lowest BCUT2D eigenvalue weighted by atomic mass is 10.1. The van der Waals surface area contributed by atoms with Gasteiger partial charge in [-0.2, -0.15) is 10.5 Å². The van der Waals surface area contributed by atoms with Crippen molar-refractivity contribution in [2.45, 2.75) is 12.5 Å². The topological polar surface area (TPSA) is 126 Å². The van der Waals surface area contributed by atoms with Crippen molar-refractivity contribution in [3.63, 3.8) is 0 Å². The van der Waals surface area contributed by atoms with Crippen LogP contribution in [0.3, 0.4) is 0 Å². The van der Waals surface area contributed by atoms with E-state index in [2.05, 4.69) is 0 Å². The Morgan fingerprint density at radius 1 is 1.58 bits per heavy atom. The molecule has 1 aromatic carbocycles. The summed E-state index contributed by atoms with van der Waals surface area (Å²) in [5.74, 6) is 0.0107. The average Bonchev–Trinajstić information content (AvgIpc) is 2.36. The highest BCUT2D eigenvalue weighted by Crippen LogP contribution is 2.33. The Bertz CT molecular complexity index is 601. The largest absolute Gasteiger partial charge is 0.483 e. The van der Waals surface area contributed by atoms with Gasteiger partial charge in [0.05, 0.1) is 26.2 Å². The monoisotopic (exact) mass is 372 g/mol. The lowest BCUT2D eigenvalue weighted by Gasteiger charge is -2.17. The molecule has 19 heavy (non-hydrogen) atoms. The molecule has 2 N–H and O–H groups in total. The standard InChI is InChI=1S/C11H9IN4O3/c1-11(15,5-14)6-19-10-8(12)2-7(4-13)3-9(10)16(17)18/h2-3H,6,15H2,1H3. The lowest BCUT2D eigenvalue weighted by Crippen LogP contribution is -2.40. The predicted molar refractivity (Wildman–Crippen MR) is 74.2 cm³/mol. The van der Waals surface area contributed by atoms with E-state index in [1.54, 1.807) is 0 Å². The van der Waals surface area contributed by atoms with Crippen LogP contribution in [0.2, 0.25) is 0 Å². The normalized spacial score (nSPS) is 12.9. The number of nitriles is 2. The molecule has 0 aromatic heterocycles. The molecule has 0 saturated carbocycles. The van der Waals surface area contributed by atoms with Crippen LogP contribution in [0.15, 0.2) is 12.1 Å². The molecule has 0 saturated heterocycles. The summed E-state index contributed by atoms with van der Waals surface area (Å²) in [7, 11) is 0. The van der Waals surface area contributed by atoms with Crippen LogP contribution in [0, 0.1) is 36.3 Å². The van der Waals surface area contributed by atoms with Crippen LogP contribution in [-0.4, -0.2) is 17.1 Å². The molecule has 0 fully saturated rings. The molecule has 0 heterocycles. The van der Waals surface area contributed by atoms with Crippen molar-refractivity contribution in [1.29, 1.82) is 10.5 Å². The smallest absolute Gasteiger partial charge is 0.313 e. The highest BCUT2D eigenvalue weighted by atomic mass is 127. The average molecular weight is 372 g/mol. The molecule has 98 valence electrons. The fourth-order valence-electron chi connectivity index (χ4n) is 1.18. The summed E-state index contributed by atoms with van der Waals surface area (Å²) >= 11 is 1.83. The van der Waals surface area contributed by atoms with Gasteiger partial charge >= 0.3 is 5.69 Å². The Kier molecular flexibility index (Phi) is 4.64. The van der Waals surface area contributed by atoms with Crippen molar-refractivity contribution < 1.29 is 9.66 Å². The van der Waals surface area contributed by atoms with Crippen LogP contribution in [0.1, 0.15) is 12.5 Å². The molecular formula is C11H9IN4O3. The first-order valence-corrected chi connectivity index (χ1v) is 6.09. The summed E-state index contributed by atoms with van der Waals surface area (Å²) in [6, 6.07) is 6.25. The molecule has 0 aliphatic heterocycles. The third-order valence-electron chi connectivity index (χ3n) is 2.12. The minimum atomic E-state index is -1.25. The maximum Gasteiger partial charge on any atom is 0.313 e. The molecule has 0 spiro atoms. The van der Waals surface area contributed by atoms with Crippen molar-refractivity contribution in [2.24, 2.45) is 5.73 Å². The van der Waals surface area contributed by atoms with Crippen molar-refractivity contribution in [3.8, 4) is 17.9 Å². The van der Waals surface area contributed by atoms with Gasteiger partial charge in [-0.15, -0.1) is 0 Å². The van der Waals surface area contributed by atoms with Gasteiger partial charge in [0.1, 0.15) is 12.1 Å². The predicted octanol–water partition coefficient (Wildman–Crippen LogP) is 1.69. The summed E-state index contributed by atoms with van der Waals surface area (Å²) in [4.78, 5) is 10.3. The van der Waals surface area contributed by atoms with Crippen molar-refractivity contribution >= 4 is 28.3 Å². The van der Waals surface area contributed by atoms with Gasteiger partial charge in [-0.05, 0) is 35.6 Å². The summed E-state index contributed by atoms with van der Waals surface area (Å²) in [5, 5.41) is 28.5. The summed E-state index contributed by atoms with van der Waals surface area (Å²) in [6.07, 6.45) is 0. The van der Waals surface area contributed by atoms with Gasteiger partial charge in [-0.1, -0.05) is 0 Å². The van der Waals surface area contributed by atoms with Gasteiger partial charge in [0.25, 0.3) is 0 Å². The number of nitro groups is 1. The number of nitro benzene ring substituents is 1. The molecule has 0 amide bonds. The number of ether oxygens (including phenoxy) is 1. The van der Waals surface area contributed by atoms with Gasteiger partial charge in [0, 0.05) is 6.07 Å². The van der Waals surface area contributed by atoms with Gasteiger partial charge in [-0.3, -0.25) is 10.1 Å². The quantitative estimate of drug-likeness (QED) is 0.487. The first kappa shape index (κ1) is 15.1. The van der Waals surface area contributed by atoms with E-state index in [0.29, 0.717) is 3.57 Å². The molecule has 7 nitrogen and oxygen atoms in total. The van der Waals surface area contributed by atoms with Crippen LogP contribution in [0.4, 0.5) is 5.69 Å². The molecule has 0 radical (unpaired) electrons. The zero-order chi connectivity index (χ0) is 14.6. The minimum Gasteiger partial charge on any atom is -0.483 e. The number of nitrogens with zero attached hydrogens (tertiary/aromatic N) is 3. The highest BCUT2D eigenvalue weighted by molar-refractivity contribution is 14.1. The van der Waals surface area contributed by atoms with Crippen molar-refractivity contribution in [1.82, 2.24) is 0 Å². The molecule has 1 unspecified atom stereocenters. The summed E-state index contributed by atoms with van der Waals surface area (Å²) < 4.78 is 5.69. The zero-order valence-corrected chi connectivity index (χ0v) is 12.0. The van der Waals surface area contributed by atoms with Crippen molar-refractivity contribution in [3.05, 3.63) is 31.4 Å². The van der Waals surface area contributed by atoms with Gasteiger partial charge in [0.2, 0.25) is 5.75 Å². The Morgan fingerprint density at radius 2 is 2.21 bits per heavy atom. The van der Waals surface area contributed by atoms with E-state index in [-0.39, 0.29) is 23.6 Å². The first-order valence-electron chi connectivity index (χ1n) is 5.01. The summed E-state index contributed by atoms with van der Waals surface area (Å²) in [5.41, 5.74) is 4.18. The number of hydrogen-bond donors (Lipinski definition) is 1. The Morgan fingerprint density at radius 3 is 2.68 bits per heavy atom. The molecule has 0 bridgehead atoms. The van der Waals surface area contributed by atoms with Crippen molar-refractivity contribution in [2.75, 3.05) is 6.61 Å². The van der Waals surface area contributed by atoms with Gasteiger partial charge in [0.15, 0.2) is 0 Å². The van der Waals surface area contributed by atoms with Crippen LogP contribution < -0.4 is 10.5 Å². The molecule has 0 aliphatic carbocycles. The molecule has 1 atom stereocenters. The molecular weight excluding hydrogens is 363 g/mol. The molecule has 1 aromatic rings. The maximum atomic E-state index is 11.0. The van der Waals surface area contributed by atoms with Gasteiger partial charge in [-0.25, -0.2) is 0 Å². The van der Waals surface area contributed by atoms with E-state index in [0.717, 1.165) is 6.07 Å². The minimum absolute atomic E-state index is 0.0107. The number of halogens is 1. The number of rotatable bonds is 4. The van der Waals surface area contributed by atoms with Gasteiger partial charge < -0.3 is 10.5 Å². The van der Waals surface area contributed by atoms with E-state index in [1.807, 2.05) is 34.7 Å². The fourth-order valence-corrected chi connectivity index (χ4v) is 1.94. The molecule has 0 aliphatic rings. The second kappa shape index (κ2) is 5.82. The van der Waals surface area contributed by atoms with Crippen LogP contribution in [0.25, 0.3) is 0 Å². The second-order valence-corrected chi connectivity index (χ2v) is 5.16. The van der Waals surface area contributed by atoms with Crippen LogP contribution in [0.5, 0.6) is 5.75 Å². The maximum absolute atomic E-state index is 11.0. The van der Waals surface area contributed by atoms with E-state index < -0.39 is 10.5 Å². The zero-order valence-electron chi connectivity index (χ0n) is 9.88. The third-order valence-corrected chi connectivity index (χ3v) is 2.92.